The first-order valence-corrected chi connectivity index (χ1v) is 5.08. The van der Waals surface area contributed by atoms with Crippen molar-refractivity contribution in [2.45, 2.75) is 12.2 Å². The number of halogens is 3. The van der Waals surface area contributed by atoms with Crippen LogP contribution in [-0.4, -0.2) is 27.4 Å². The minimum atomic E-state index is -4.43. The molecule has 2 aromatic rings. The Labute approximate surface area is 100 Å². The minimum absolute atomic E-state index is 0.0152. The molecule has 8 heteroatoms. The third-order valence-electron chi connectivity index (χ3n) is 2.49. The van der Waals surface area contributed by atoms with Crippen molar-refractivity contribution in [3.8, 4) is 0 Å². The molecule has 0 aliphatic carbocycles. The largest absolute Gasteiger partial charge is 0.416 e. The lowest BCUT2D eigenvalue weighted by atomic mass is 10.0. The molecule has 96 valence electrons. The number of nitrogens with one attached hydrogen (secondary N) is 2. The van der Waals surface area contributed by atoms with Crippen LogP contribution in [0.5, 0.6) is 0 Å². The van der Waals surface area contributed by atoms with Gasteiger partial charge in [0, 0.05) is 18.0 Å². The Morgan fingerprint density at radius 3 is 2.67 bits per heavy atom. The predicted octanol–water partition coefficient (Wildman–Crippen LogP) is 1.53. The summed E-state index contributed by atoms with van der Waals surface area (Å²) in [5, 5.41) is 12.5. The highest BCUT2D eigenvalue weighted by Gasteiger charge is 2.35. The molecule has 2 aromatic heterocycles. The first-order chi connectivity index (χ1) is 8.54. The van der Waals surface area contributed by atoms with E-state index in [1.165, 1.54) is 12.4 Å². The molecule has 0 fully saturated rings. The van der Waals surface area contributed by atoms with Gasteiger partial charge < -0.3 is 5.32 Å². The zero-order chi connectivity index (χ0) is 13.2. The Morgan fingerprint density at radius 2 is 2.11 bits per heavy atom. The fraction of sp³-hybridized carbons (Fsp3) is 0.300. The van der Waals surface area contributed by atoms with Gasteiger partial charge in [0.1, 0.15) is 5.69 Å². The van der Waals surface area contributed by atoms with Crippen molar-refractivity contribution in [2.24, 2.45) is 0 Å². The number of rotatable bonds is 3. The Balaban J connectivity index is 2.50. The van der Waals surface area contributed by atoms with Gasteiger partial charge in [-0.25, -0.2) is 0 Å². The lowest BCUT2D eigenvalue weighted by molar-refractivity contribution is -0.138. The van der Waals surface area contributed by atoms with Crippen molar-refractivity contribution >= 4 is 0 Å². The van der Waals surface area contributed by atoms with E-state index in [9.17, 15) is 13.2 Å². The van der Waals surface area contributed by atoms with Crippen molar-refractivity contribution in [3.05, 3.63) is 41.5 Å². The van der Waals surface area contributed by atoms with Gasteiger partial charge in [0.05, 0.1) is 17.8 Å². The summed E-state index contributed by atoms with van der Waals surface area (Å²) in [6, 6.07) is 0.230. The number of pyridine rings is 1. The second-order valence-electron chi connectivity index (χ2n) is 3.58. The molecule has 0 saturated carbocycles. The summed E-state index contributed by atoms with van der Waals surface area (Å²) in [5.74, 6) is 0. The van der Waals surface area contributed by atoms with E-state index in [1.54, 1.807) is 7.05 Å². The van der Waals surface area contributed by atoms with Crippen molar-refractivity contribution in [1.29, 1.82) is 0 Å². The van der Waals surface area contributed by atoms with E-state index in [1.807, 2.05) is 0 Å². The van der Waals surface area contributed by atoms with Crippen LogP contribution in [0.4, 0.5) is 13.2 Å². The van der Waals surface area contributed by atoms with E-state index in [0.717, 1.165) is 12.3 Å². The maximum Gasteiger partial charge on any atom is 0.416 e. The van der Waals surface area contributed by atoms with E-state index in [2.05, 4.69) is 25.7 Å². The SMILES string of the molecule is CNC(c1cn[nH]n1)c1cnccc1C(F)(F)F. The molecule has 0 spiro atoms. The molecule has 2 heterocycles. The number of alkyl halides is 3. The molecule has 5 nitrogen and oxygen atoms in total. The lowest BCUT2D eigenvalue weighted by Gasteiger charge is -2.18. The van der Waals surface area contributed by atoms with Crippen LogP contribution in [0.25, 0.3) is 0 Å². The van der Waals surface area contributed by atoms with E-state index in [0.29, 0.717) is 5.69 Å². The monoisotopic (exact) mass is 257 g/mol. The Morgan fingerprint density at radius 1 is 1.33 bits per heavy atom. The highest BCUT2D eigenvalue weighted by molar-refractivity contribution is 5.33. The molecule has 0 aliphatic rings. The number of aromatic amines is 1. The molecule has 0 radical (unpaired) electrons. The summed E-state index contributed by atoms with van der Waals surface area (Å²) < 4.78 is 38.7. The third kappa shape index (κ3) is 2.33. The van der Waals surface area contributed by atoms with E-state index in [4.69, 9.17) is 0 Å². The Kier molecular flexibility index (Phi) is 3.28. The molecule has 1 unspecified atom stereocenters. The van der Waals surface area contributed by atoms with Crippen molar-refractivity contribution in [1.82, 2.24) is 25.7 Å². The van der Waals surface area contributed by atoms with Gasteiger partial charge >= 0.3 is 6.18 Å². The van der Waals surface area contributed by atoms with Crippen LogP contribution in [0, 0.1) is 0 Å². The van der Waals surface area contributed by atoms with Gasteiger partial charge in [-0.15, -0.1) is 0 Å². The smallest absolute Gasteiger partial charge is 0.308 e. The quantitative estimate of drug-likeness (QED) is 0.875. The fourth-order valence-corrected chi connectivity index (χ4v) is 1.71. The summed E-state index contributed by atoms with van der Waals surface area (Å²) in [5.41, 5.74) is -0.350. The summed E-state index contributed by atoms with van der Waals surface area (Å²) in [4.78, 5) is 3.74. The van der Waals surface area contributed by atoms with Crippen LogP contribution in [0.15, 0.2) is 24.7 Å². The van der Waals surface area contributed by atoms with Crippen molar-refractivity contribution in [2.75, 3.05) is 7.05 Å². The number of aromatic nitrogens is 4. The first-order valence-electron chi connectivity index (χ1n) is 5.08. The average Bonchev–Trinajstić information content (AvgIpc) is 2.83. The summed E-state index contributed by atoms with van der Waals surface area (Å²) in [6.45, 7) is 0. The molecular formula is C10H10F3N5. The van der Waals surface area contributed by atoms with Gasteiger partial charge in [0.15, 0.2) is 0 Å². The van der Waals surface area contributed by atoms with Gasteiger partial charge in [-0.1, -0.05) is 0 Å². The van der Waals surface area contributed by atoms with Crippen molar-refractivity contribution in [3.63, 3.8) is 0 Å². The van der Waals surface area contributed by atoms with E-state index >= 15 is 0 Å². The maximum absolute atomic E-state index is 12.9. The number of hydrogen-bond donors (Lipinski definition) is 2. The zero-order valence-corrected chi connectivity index (χ0v) is 9.36. The molecule has 0 amide bonds. The normalized spacial score (nSPS) is 13.6. The first kappa shape index (κ1) is 12.5. The van der Waals surface area contributed by atoms with Crippen LogP contribution in [0.2, 0.25) is 0 Å². The van der Waals surface area contributed by atoms with Gasteiger partial charge in [-0.05, 0) is 13.1 Å². The number of H-pyrrole nitrogens is 1. The highest BCUT2D eigenvalue weighted by Crippen LogP contribution is 2.35. The fourth-order valence-electron chi connectivity index (χ4n) is 1.71. The molecule has 2 rings (SSSR count). The molecule has 0 bridgehead atoms. The second-order valence-corrected chi connectivity index (χ2v) is 3.58. The molecule has 1 atom stereocenters. The van der Waals surface area contributed by atoms with E-state index < -0.39 is 17.8 Å². The molecule has 0 saturated heterocycles. The van der Waals surface area contributed by atoms with Crippen LogP contribution in [-0.2, 0) is 6.18 Å². The molecule has 18 heavy (non-hydrogen) atoms. The number of hydrogen-bond acceptors (Lipinski definition) is 4. The summed E-state index contributed by atoms with van der Waals surface area (Å²) in [7, 11) is 1.55. The highest BCUT2D eigenvalue weighted by atomic mass is 19.4. The molecule has 0 aromatic carbocycles. The van der Waals surface area contributed by atoms with Gasteiger partial charge in [0.2, 0.25) is 0 Å². The minimum Gasteiger partial charge on any atom is -0.308 e. The molecule has 0 aliphatic heterocycles. The summed E-state index contributed by atoms with van der Waals surface area (Å²) >= 11 is 0. The van der Waals surface area contributed by atoms with Gasteiger partial charge in [-0.2, -0.15) is 28.6 Å². The number of nitrogens with zero attached hydrogens (tertiary/aromatic N) is 3. The van der Waals surface area contributed by atoms with Crippen LogP contribution < -0.4 is 5.32 Å². The van der Waals surface area contributed by atoms with Crippen molar-refractivity contribution < 1.29 is 13.2 Å². The van der Waals surface area contributed by atoms with Gasteiger partial charge in [-0.3, -0.25) is 4.98 Å². The average molecular weight is 257 g/mol. The standard InChI is InChI=1S/C10H10F3N5/c1-14-9(8-5-16-18-17-8)6-4-15-3-2-7(6)10(11,12)13/h2-5,9,14H,1H3,(H,16,17,18). The van der Waals surface area contributed by atoms with Crippen LogP contribution in [0.3, 0.4) is 0 Å². The molecular weight excluding hydrogens is 247 g/mol. The topological polar surface area (TPSA) is 66.5 Å². The Bertz CT molecular complexity index is 508. The van der Waals surface area contributed by atoms with Crippen LogP contribution >= 0.6 is 0 Å². The summed E-state index contributed by atoms with van der Waals surface area (Å²) in [6.07, 6.45) is -0.772. The predicted molar refractivity (Wildman–Crippen MR) is 56.5 cm³/mol. The van der Waals surface area contributed by atoms with Crippen LogP contribution in [0.1, 0.15) is 22.9 Å². The zero-order valence-electron chi connectivity index (χ0n) is 9.36. The Hall–Kier alpha value is -1.96. The second kappa shape index (κ2) is 4.73. The molecule has 2 N–H and O–H groups in total. The maximum atomic E-state index is 12.9. The third-order valence-corrected chi connectivity index (χ3v) is 2.49. The van der Waals surface area contributed by atoms with E-state index in [-0.39, 0.29) is 5.56 Å². The van der Waals surface area contributed by atoms with Gasteiger partial charge in [0.25, 0.3) is 0 Å². The lowest BCUT2D eigenvalue weighted by Crippen LogP contribution is -2.22.